The number of nitrogens with zero attached hydrogens (tertiary/aromatic N) is 1. The van der Waals surface area contributed by atoms with Crippen LogP contribution in [0, 0.1) is 13.8 Å². The summed E-state index contributed by atoms with van der Waals surface area (Å²) >= 11 is 5.79. The molecule has 3 N–H and O–H groups in total. The SMILES string of the molecule is Cc1ccc(C)c(S(=O)(=O)N2CC[NH+](CC(=O)NNC(=O)c3ccc(Cl)cc3)CC2)c1. The third kappa shape index (κ3) is 5.82. The summed E-state index contributed by atoms with van der Waals surface area (Å²) in [6.45, 7) is 5.45. The number of halogens is 1. The molecule has 1 fully saturated rings. The normalized spacial score (nSPS) is 15.5. The minimum absolute atomic E-state index is 0.137. The maximum absolute atomic E-state index is 13.0. The molecule has 1 saturated heterocycles. The molecule has 0 aliphatic carbocycles. The van der Waals surface area contributed by atoms with Crippen LogP contribution in [0.2, 0.25) is 5.02 Å². The van der Waals surface area contributed by atoms with E-state index in [1.165, 1.54) is 4.31 Å². The van der Waals surface area contributed by atoms with E-state index in [9.17, 15) is 18.0 Å². The van der Waals surface area contributed by atoms with Gasteiger partial charge < -0.3 is 4.90 Å². The number of rotatable bonds is 5. The van der Waals surface area contributed by atoms with Gasteiger partial charge in [0.1, 0.15) is 0 Å². The molecule has 0 saturated carbocycles. The van der Waals surface area contributed by atoms with Crippen molar-refractivity contribution < 1.29 is 22.9 Å². The van der Waals surface area contributed by atoms with Crippen LogP contribution in [0.1, 0.15) is 21.5 Å². The van der Waals surface area contributed by atoms with Gasteiger partial charge in [-0.25, -0.2) is 8.42 Å². The molecule has 10 heteroatoms. The van der Waals surface area contributed by atoms with E-state index >= 15 is 0 Å². The molecule has 2 aromatic rings. The van der Waals surface area contributed by atoms with Crippen molar-refractivity contribution in [3.05, 3.63) is 64.2 Å². The summed E-state index contributed by atoms with van der Waals surface area (Å²) in [4.78, 5) is 25.5. The predicted molar refractivity (Wildman–Crippen MR) is 117 cm³/mol. The first kappa shape index (κ1) is 23.2. The molecule has 0 bridgehead atoms. The van der Waals surface area contributed by atoms with Gasteiger partial charge in [0.2, 0.25) is 10.0 Å². The number of quaternary nitrogens is 1. The van der Waals surface area contributed by atoms with Gasteiger partial charge in [-0.1, -0.05) is 23.7 Å². The summed E-state index contributed by atoms with van der Waals surface area (Å²) in [7, 11) is -3.57. The number of carbonyl (C=O) groups is 2. The first-order valence-corrected chi connectivity index (χ1v) is 11.7. The zero-order chi connectivity index (χ0) is 22.6. The van der Waals surface area contributed by atoms with Crippen molar-refractivity contribution in [1.29, 1.82) is 0 Å². The van der Waals surface area contributed by atoms with Crippen molar-refractivity contribution in [2.75, 3.05) is 32.7 Å². The Labute approximate surface area is 187 Å². The smallest absolute Gasteiger partial charge is 0.293 e. The lowest BCUT2D eigenvalue weighted by atomic mass is 10.2. The number of nitrogens with one attached hydrogen (secondary N) is 3. The first-order valence-electron chi connectivity index (χ1n) is 9.92. The van der Waals surface area contributed by atoms with Crippen LogP contribution in [0.3, 0.4) is 0 Å². The maximum atomic E-state index is 13.0. The second-order valence-electron chi connectivity index (χ2n) is 7.61. The summed E-state index contributed by atoms with van der Waals surface area (Å²) in [5.74, 6) is -0.785. The fourth-order valence-electron chi connectivity index (χ4n) is 3.42. The second-order valence-corrected chi connectivity index (χ2v) is 9.95. The Kier molecular flexibility index (Phi) is 7.32. The Hall–Kier alpha value is -2.46. The van der Waals surface area contributed by atoms with E-state index in [0.29, 0.717) is 41.7 Å². The minimum atomic E-state index is -3.57. The van der Waals surface area contributed by atoms with Gasteiger partial charge in [-0.2, -0.15) is 4.31 Å². The summed E-state index contributed by atoms with van der Waals surface area (Å²) in [5.41, 5.74) is 6.76. The lowest BCUT2D eigenvalue weighted by Crippen LogP contribution is -3.16. The summed E-state index contributed by atoms with van der Waals surface area (Å²) < 4.78 is 27.5. The van der Waals surface area contributed by atoms with Crippen LogP contribution in [-0.4, -0.2) is 57.3 Å². The quantitative estimate of drug-likeness (QED) is 0.553. The zero-order valence-corrected chi connectivity index (χ0v) is 19.0. The molecule has 0 atom stereocenters. The molecular formula is C21H26ClN4O4S+. The predicted octanol–water partition coefficient (Wildman–Crippen LogP) is 0.307. The second kappa shape index (κ2) is 9.78. The number of amides is 2. The summed E-state index contributed by atoms with van der Waals surface area (Å²) in [6, 6.07) is 11.7. The highest BCUT2D eigenvalue weighted by molar-refractivity contribution is 7.89. The van der Waals surface area contributed by atoms with E-state index in [1.54, 1.807) is 37.3 Å². The molecular weight excluding hydrogens is 440 g/mol. The van der Waals surface area contributed by atoms with Crippen molar-refractivity contribution in [1.82, 2.24) is 15.2 Å². The Morgan fingerprint density at radius 2 is 1.68 bits per heavy atom. The standard InChI is InChI=1S/C21H25ClN4O4S/c1-15-3-4-16(2)19(13-15)31(29,30)26-11-9-25(10-12-26)14-20(27)23-24-21(28)17-5-7-18(22)8-6-17/h3-8,13H,9-12,14H2,1-2H3,(H,23,27)(H,24,28)/p+1. The Bertz CT molecular complexity index is 1070. The van der Waals surface area contributed by atoms with Crippen LogP contribution in [-0.2, 0) is 14.8 Å². The van der Waals surface area contributed by atoms with E-state index < -0.39 is 15.9 Å². The molecule has 8 nitrogen and oxygen atoms in total. The van der Waals surface area contributed by atoms with Gasteiger partial charge in [-0.05, 0) is 55.3 Å². The van der Waals surface area contributed by atoms with Gasteiger partial charge in [0.15, 0.2) is 6.54 Å². The van der Waals surface area contributed by atoms with E-state index in [0.717, 1.165) is 16.0 Å². The van der Waals surface area contributed by atoms with Gasteiger partial charge in [0.25, 0.3) is 11.8 Å². The van der Waals surface area contributed by atoms with E-state index in [-0.39, 0.29) is 12.5 Å². The van der Waals surface area contributed by atoms with E-state index in [4.69, 9.17) is 11.6 Å². The van der Waals surface area contributed by atoms with Gasteiger partial charge in [0.05, 0.1) is 31.1 Å². The zero-order valence-electron chi connectivity index (χ0n) is 17.4. The molecule has 2 amide bonds. The molecule has 2 aromatic carbocycles. The lowest BCUT2D eigenvalue weighted by molar-refractivity contribution is -0.895. The minimum Gasteiger partial charge on any atom is -0.325 e. The largest absolute Gasteiger partial charge is 0.325 e. The fourth-order valence-corrected chi connectivity index (χ4v) is 5.29. The van der Waals surface area contributed by atoms with Crippen LogP contribution < -0.4 is 15.8 Å². The molecule has 0 aromatic heterocycles. The topological polar surface area (TPSA) is 100 Å². The monoisotopic (exact) mass is 465 g/mol. The molecule has 0 unspecified atom stereocenters. The number of hydrogen-bond donors (Lipinski definition) is 3. The van der Waals surface area contributed by atoms with Crippen LogP contribution in [0.25, 0.3) is 0 Å². The summed E-state index contributed by atoms with van der Waals surface area (Å²) in [6.07, 6.45) is 0. The van der Waals surface area contributed by atoms with Crippen molar-refractivity contribution in [3.8, 4) is 0 Å². The number of sulfonamides is 1. The molecule has 0 spiro atoms. The number of carbonyl (C=O) groups excluding carboxylic acids is 2. The van der Waals surface area contributed by atoms with Gasteiger partial charge in [-0.3, -0.25) is 20.4 Å². The number of hydrogen-bond acceptors (Lipinski definition) is 4. The Morgan fingerprint density at radius 3 is 2.32 bits per heavy atom. The van der Waals surface area contributed by atoms with Gasteiger partial charge >= 0.3 is 0 Å². The van der Waals surface area contributed by atoms with Crippen molar-refractivity contribution >= 4 is 33.4 Å². The highest BCUT2D eigenvalue weighted by Gasteiger charge is 2.32. The average molecular weight is 466 g/mol. The highest BCUT2D eigenvalue weighted by atomic mass is 35.5. The van der Waals surface area contributed by atoms with E-state index in [1.807, 2.05) is 19.1 Å². The average Bonchev–Trinajstić information content (AvgIpc) is 2.74. The third-order valence-electron chi connectivity index (χ3n) is 5.22. The van der Waals surface area contributed by atoms with Crippen molar-refractivity contribution in [2.45, 2.75) is 18.7 Å². The molecule has 0 radical (unpaired) electrons. The van der Waals surface area contributed by atoms with Crippen molar-refractivity contribution in [3.63, 3.8) is 0 Å². The fraction of sp³-hybridized carbons (Fsp3) is 0.333. The van der Waals surface area contributed by atoms with Crippen molar-refractivity contribution in [2.24, 2.45) is 0 Å². The third-order valence-corrected chi connectivity index (χ3v) is 7.52. The first-order chi connectivity index (χ1) is 14.7. The maximum Gasteiger partial charge on any atom is 0.293 e. The number of aryl methyl sites for hydroxylation is 2. The van der Waals surface area contributed by atoms with Crippen LogP contribution >= 0.6 is 11.6 Å². The van der Waals surface area contributed by atoms with Gasteiger partial charge in [0, 0.05) is 10.6 Å². The number of benzene rings is 2. The lowest BCUT2D eigenvalue weighted by Gasteiger charge is -2.31. The Morgan fingerprint density at radius 1 is 1.03 bits per heavy atom. The molecule has 166 valence electrons. The molecule has 1 heterocycles. The molecule has 3 rings (SSSR count). The highest BCUT2D eigenvalue weighted by Crippen LogP contribution is 2.21. The Balaban J connectivity index is 1.49. The van der Waals surface area contributed by atoms with Crippen LogP contribution in [0.15, 0.2) is 47.4 Å². The number of hydrazine groups is 1. The van der Waals surface area contributed by atoms with Gasteiger partial charge in [-0.15, -0.1) is 0 Å². The summed E-state index contributed by atoms with van der Waals surface area (Å²) in [5, 5.41) is 0.517. The molecule has 31 heavy (non-hydrogen) atoms. The van der Waals surface area contributed by atoms with Crippen LogP contribution in [0.5, 0.6) is 0 Å². The molecule has 1 aliphatic heterocycles. The molecule has 1 aliphatic rings. The van der Waals surface area contributed by atoms with Crippen LogP contribution in [0.4, 0.5) is 0 Å². The number of piperazine rings is 1. The van der Waals surface area contributed by atoms with E-state index in [2.05, 4.69) is 10.9 Å².